The van der Waals surface area contributed by atoms with Crippen molar-refractivity contribution < 1.29 is 9.72 Å². The van der Waals surface area contributed by atoms with Crippen LogP contribution in [-0.4, -0.2) is 23.9 Å². The molecule has 0 aliphatic carbocycles. The molecular weight excluding hydrogens is 294 g/mol. The summed E-state index contributed by atoms with van der Waals surface area (Å²) in [4.78, 5) is 22.7. The number of carbonyl (C=O) groups is 1. The molecule has 2 unspecified atom stereocenters. The number of nitrogens with one attached hydrogen (secondary N) is 2. The zero-order chi connectivity index (χ0) is 16.2. The van der Waals surface area contributed by atoms with E-state index in [-0.39, 0.29) is 33.9 Å². The number of amides is 1. The van der Waals surface area contributed by atoms with Gasteiger partial charge in [-0.25, -0.2) is 0 Å². The Kier molecular flexibility index (Phi) is 5.96. The summed E-state index contributed by atoms with van der Waals surface area (Å²) in [6.07, 6.45) is 0.932. The molecule has 0 saturated heterocycles. The standard InChI is InChI=1S/C14H20ClN3O3/c1-5-8(2)9(3)17-14(19)10-6-11(15)13(16-4)12(7-10)18(20)21/h6-9,16H,5H2,1-4H3,(H,17,19). The summed E-state index contributed by atoms with van der Waals surface area (Å²) in [5.41, 5.74) is 0.167. The van der Waals surface area contributed by atoms with Gasteiger partial charge in [0.25, 0.3) is 11.6 Å². The van der Waals surface area contributed by atoms with Crippen LogP contribution in [-0.2, 0) is 0 Å². The number of hydrogen-bond donors (Lipinski definition) is 2. The van der Waals surface area contributed by atoms with Crippen LogP contribution in [0.3, 0.4) is 0 Å². The van der Waals surface area contributed by atoms with E-state index in [9.17, 15) is 14.9 Å². The fourth-order valence-corrected chi connectivity index (χ4v) is 2.21. The Hall–Kier alpha value is -1.82. The van der Waals surface area contributed by atoms with Crippen LogP contribution >= 0.6 is 11.6 Å². The molecular formula is C14H20ClN3O3. The monoisotopic (exact) mass is 313 g/mol. The van der Waals surface area contributed by atoms with Crippen LogP contribution in [0.1, 0.15) is 37.6 Å². The Balaban J connectivity index is 3.09. The van der Waals surface area contributed by atoms with E-state index in [4.69, 9.17) is 11.6 Å². The fraction of sp³-hybridized carbons (Fsp3) is 0.500. The first-order valence-electron chi connectivity index (χ1n) is 6.78. The molecule has 2 atom stereocenters. The number of rotatable bonds is 6. The van der Waals surface area contributed by atoms with Crippen molar-refractivity contribution >= 4 is 28.9 Å². The van der Waals surface area contributed by atoms with Crippen molar-refractivity contribution in [3.8, 4) is 0 Å². The minimum atomic E-state index is -0.563. The van der Waals surface area contributed by atoms with E-state index in [2.05, 4.69) is 10.6 Å². The third-order valence-corrected chi connectivity index (χ3v) is 3.93. The molecule has 1 amide bonds. The lowest BCUT2D eigenvalue weighted by Gasteiger charge is -2.20. The summed E-state index contributed by atoms with van der Waals surface area (Å²) >= 11 is 6.00. The van der Waals surface area contributed by atoms with Crippen molar-refractivity contribution in [3.05, 3.63) is 32.8 Å². The molecule has 21 heavy (non-hydrogen) atoms. The topological polar surface area (TPSA) is 84.3 Å². The zero-order valence-electron chi connectivity index (χ0n) is 12.6. The first kappa shape index (κ1) is 17.2. The molecule has 7 heteroatoms. The maximum atomic E-state index is 12.2. The third-order valence-electron chi connectivity index (χ3n) is 3.63. The molecule has 0 radical (unpaired) electrons. The Morgan fingerprint density at radius 3 is 2.52 bits per heavy atom. The van der Waals surface area contributed by atoms with E-state index in [0.717, 1.165) is 6.42 Å². The summed E-state index contributed by atoms with van der Waals surface area (Å²) in [6, 6.07) is 2.64. The number of nitro groups is 1. The smallest absolute Gasteiger partial charge is 0.294 e. The Bertz CT molecular complexity index is 549. The molecule has 6 nitrogen and oxygen atoms in total. The Morgan fingerprint density at radius 2 is 2.05 bits per heavy atom. The number of carbonyl (C=O) groups excluding carboxylic acids is 1. The quantitative estimate of drug-likeness (QED) is 0.622. The molecule has 1 aromatic rings. The van der Waals surface area contributed by atoms with Gasteiger partial charge in [0, 0.05) is 24.7 Å². The first-order valence-corrected chi connectivity index (χ1v) is 7.16. The van der Waals surface area contributed by atoms with E-state index >= 15 is 0 Å². The second-order valence-corrected chi connectivity index (χ2v) is 5.41. The highest BCUT2D eigenvalue weighted by molar-refractivity contribution is 6.34. The first-order chi connectivity index (χ1) is 9.81. The molecule has 0 aliphatic heterocycles. The normalized spacial score (nSPS) is 13.4. The van der Waals surface area contributed by atoms with Crippen molar-refractivity contribution in [1.29, 1.82) is 0 Å². The van der Waals surface area contributed by atoms with Crippen LogP contribution in [0.4, 0.5) is 11.4 Å². The maximum absolute atomic E-state index is 12.2. The van der Waals surface area contributed by atoms with Gasteiger partial charge in [0.2, 0.25) is 0 Å². The molecule has 2 N–H and O–H groups in total. The average molecular weight is 314 g/mol. The van der Waals surface area contributed by atoms with Gasteiger partial charge in [-0.1, -0.05) is 31.9 Å². The lowest BCUT2D eigenvalue weighted by Crippen LogP contribution is -2.36. The van der Waals surface area contributed by atoms with Crippen LogP contribution in [0.25, 0.3) is 0 Å². The second kappa shape index (κ2) is 7.26. The summed E-state index contributed by atoms with van der Waals surface area (Å²) in [7, 11) is 1.54. The van der Waals surface area contributed by atoms with Crippen molar-refractivity contribution in [2.24, 2.45) is 5.92 Å². The SMILES string of the molecule is CCC(C)C(C)NC(=O)c1cc(Cl)c(NC)c([N+](=O)[O-])c1. The van der Waals surface area contributed by atoms with Crippen LogP contribution in [0.2, 0.25) is 5.02 Å². The molecule has 0 aromatic heterocycles. The van der Waals surface area contributed by atoms with E-state index < -0.39 is 4.92 Å². The zero-order valence-corrected chi connectivity index (χ0v) is 13.3. The van der Waals surface area contributed by atoms with Gasteiger partial charge in [-0.15, -0.1) is 0 Å². The van der Waals surface area contributed by atoms with Gasteiger partial charge < -0.3 is 10.6 Å². The van der Waals surface area contributed by atoms with Crippen LogP contribution in [0.15, 0.2) is 12.1 Å². The minimum absolute atomic E-state index is 0.0238. The van der Waals surface area contributed by atoms with Gasteiger partial charge in [0.1, 0.15) is 5.69 Å². The van der Waals surface area contributed by atoms with Gasteiger partial charge in [0.15, 0.2) is 0 Å². The average Bonchev–Trinajstić information content (AvgIpc) is 2.44. The third kappa shape index (κ3) is 4.07. The van der Waals surface area contributed by atoms with Gasteiger partial charge in [-0.2, -0.15) is 0 Å². The highest BCUT2D eigenvalue weighted by atomic mass is 35.5. The van der Waals surface area contributed by atoms with Crippen molar-refractivity contribution in [3.63, 3.8) is 0 Å². The predicted molar refractivity (Wildman–Crippen MR) is 84.0 cm³/mol. The molecule has 0 aliphatic rings. The summed E-state index contributed by atoms with van der Waals surface area (Å²) < 4.78 is 0. The largest absolute Gasteiger partial charge is 0.381 e. The lowest BCUT2D eigenvalue weighted by molar-refractivity contribution is -0.383. The molecule has 1 rings (SSSR count). The lowest BCUT2D eigenvalue weighted by atomic mass is 10.0. The molecule has 0 saturated carbocycles. The van der Waals surface area contributed by atoms with Crippen LogP contribution < -0.4 is 10.6 Å². The summed E-state index contributed by atoms with van der Waals surface area (Å²) in [5.74, 6) is -0.0496. The fourth-order valence-electron chi connectivity index (χ4n) is 1.90. The van der Waals surface area contributed by atoms with Crippen LogP contribution in [0, 0.1) is 16.0 Å². The molecule has 0 heterocycles. The van der Waals surface area contributed by atoms with Gasteiger partial charge in [0.05, 0.1) is 9.95 Å². The van der Waals surface area contributed by atoms with Gasteiger partial charge in [-0.3, -0.25) is 14.9 Å². The number of anilines is 1. The molecule has 116 valence electrons. The van der Waals surface area contributed by atoms with Gasteiger partial charge in [-0.05, 0) is 18.9 Å². The number of nitro benzene ring substituents is 1. The number of hydrogen-bond acceptors (Lipinski definition) is 4. The van der Waals surface area contributed by atoms with Crippen molar-refractivity contribution in [2.45, 2.75) is 33.2 Å². The molecule has 0 spiro atoms. The van der Waals surface area contributed by atoms with Gasteiger partial charge >= 0.3 is 0 Å². The van der Waals surface area contributed by atoms with E-state index in [1.54, 1.807) is 7.05 Å². The molecule has 1 aromatic carbocycles. The Morgan fingerprint density at radius 1 is 1.43 bits per heavy atom. The number of nitrogens with zero attached hydrogens (tertiary/aromatic N) is 1. The summed E-state index contributed by atoms with van der Waals surface area (Å²) in [5, 5.41) is 16.7. The number of halogens is 1. The molecule has 0 fully saturated rings. The highest BCUT2D eigenvalue weighted by Crippen LogP contribution is 2.33. The van der Waals surface area contributed by atoms with Crippen molar-refractivity contribution in [2.75, 3.05) is 12.4 Å². The maximum Gasteiger partial charge on any atom is 0.294 e. The number of benzene rings is 1. The van der Waals surface area contributed by atoms with E-state index in [1.807, 2.05) is 20.8 Å². The van der Waals surface area contributed by atoms with E-state index in [0.29, 0.717) is 5.92 Å². The van der Waals surface area contributed by atoms with Crippen molar-refractivity contribution in [1.82, 2.24) is 5.32 Å². The second-order valence-electron chi connectivity index (χ2n) is 5.01. The highest BCUT2D eigenvalue weighted by Gasteiger charge is 2.22. The Labute approximate surface area is 129 Å². The summed E-state index contributed by atoms with van der Waals surface area (Å²) in [6.45, 7) is 5.98. The predicted octanol–water partition coefficient (Wildman–Crippen LogP) is 3.45. The van der Waals surface area contributed by atoms with Crippen LogP contribution in [0.5, 0.6) is 0 Å². The molecule has 0 bridgehead atoms. The van der Waals surface area contributed by atoms with E-state index in [1.165, 1.54) is 12.1 Å². The minimum Gasteiger partial charge on any atom is -0.381 e.